The topological polar surface area (TPSA) is 91.4 Å². The monoisotopic (exact) mass is 434 g/mol. The van der Waals surface area contributed by atoms with Crippen LogP contribution in [-0.4, -0.2) is 39.8 Å². The number of hydrogen-bond donors (Lipinski definition) is 2. The minimum absolute atomic E-state index is 0.334. The lowest BCUT2D eigenvalue weighted by Crippen LogP contribution is -2.45. The Hall–Kier alpha value is -3.52. The van der Waals surface area contributed by atoms with E-state index in [1.54, 1.807) is 25.3 Å². The van der Waals surface area contributed by atoms with Crippen LogP contribution in [0, 0.1) is 0 Å². The van der Waals surface area contributed by atoms with Crippen LogP contribution in [-0.2, 0) is 16.0 Å². The third-order valence-electron chi connectivity index (χ3n) is 5.25. The molecule has 2 N–H and O–H groups in total. The number of nitrogens with one attached hydrogen (secondary N) is 2. The number of urea groups is 1. The molecule has 31 heavy (non-hydrogen) atoms. The van der Waals surface area contributed by atoms with Crippen molar-refractivity contribution >= 4 is 34.9 Å². The maximum absolute atomic E-state index is 12.9. The first kappa shape index (κ1) is 20.7. The summed E-state index contributed by atoms with van der Waals surface area (Å²) in [4.78, 5) is 43.0. The van der Waals surface area contributed by atoms with E-state index in [1.807, 2.05) is 47.8 Å². The minimum Gasteiger partial charge on any atom is -0.325 e. The number of amides is 4. The van der Waals surface area contributed by atoms with Gasteiger partial charge < -0.3 is 10.6 Å². The summed E-state index contributed by atoms with van der Waals surface area (Å²) < 4.78 is 0. The average Bonchev–Trinajstić information content (AvgIpc) is 3.38. The van der Waals surface area contributed by atoms with Gasteiger partial charge in [-0.1, -0.05) is 30.3 Å². The molecule has 8 heteroatoms. The summed E-state index contributed by atoms with van der Waals surface area (Å²) in [5.74, 6) is -0.819. The fourth-order valence-corrected chi connectivity index (χ4v) is 4.15. The van der Waals surface area contributed by atoms with Crippen molar-refractivity contribution in [2.45, 2.75) is 25.3 Å². The Balaban J connectivity index is 1.35. The van der Waals surface area contributed by atoms with Crippen LogP contribution in [0.1, 0.15) is 18.9 Å². The molecule has 0 spiro atoms. The number of hydrogen-bond acceptors (Lipinski definition) is 5. The van der Waals surface area contributed by atoms with Gasteiger partial charge in [-0.3, -0.25) is 14.5 Å². The fraction of sp³-hybridized carbons (Fsp3) is 0.217. The van der Waals surface area contributed by atoms with Crippen LogP contribution in [0.4, 0.5) is 10.5 Å². The molecule has 1 saturated heterocycles. The lowest BCUT2D eigenvalue weighted by molar-refractivity contribution is -0.133. The Labute approximate surface area is 184 Å². The molecular weight excluding hydrogens is 412 g/mol. The lowest BCUT2D eigenvalue weighted by Gasteiger charge is -2.21. The Kier molecular flexibility index (Phi) is 5.81. The molecular formula is C23H22N4O3S. The molecule has 0 aliphatic carbocycles. The summed E-state index contributed by atoms with van der Waals surface area (Å²) in [5.41, 5.74) is 1.60. The molecule has 2 aromatic carbocycles. The van der Waals surface area contributed by atoms with Crippen LogP contribution in [0.3, 0.4) is 0 Å². The highest BCUT2D eigenvalue weighted by Gasteiger charge is 2.47. The number of imide groups is 1. The van der Waals surface area contributed by atoms with E-state index in [0.717, 1.165) is 21.0 Å². The summed E-state index contributed by atoms with van der Waals surface area (Å²) >= 11 is 1.53. The SMILES string of the molecule is C[C@]1(CCc2ccccc2)NC(=O)N(CC(=O)Nc2ccc(-c3nccs3)cc2)C1=O. The van der Waals surface area contributed by atoms with Crippen LogP contribution in [0.15, 0.2) is 66.2 Å². The highest BCUT2D eigenvalue weighted by molar-refractivity contribution is 7.13. The highest BCUT2D eigenvalue weighted by Crippen LogP contribution is 2.25. The Morgan fingerprint density at radius 2 is 1.87 bits per heavy atom. The second kappa shape index (κ2) is 8.69. The molecule has 0 saturated carbocycles. The van der Waals surface area contributed by atoms with Crippen LogP contribution < -0.4 is 10.6 Å². The number of thiazole rings is 1. The maximum atomic E-state index is 12.9. The van der Waals surface area contributed by atoms with E-state index in [4.69, 9.17) is 0 Å². The summed E-state index contributed by atoms with van der Waals surface area (Å²) in [6.45, 7) is 1.37. The van der Waals surface area contributed by atoms with Crippen molar-refractivity contribution in [3.8, 4) is 10.6 Å². The Morgan fingerprint density at radius 1 is 1.13 bits per heavy atom. The van der Waals surface area contributed by atoms with Gasteiger partial charge in [0.05, 0.1) is 0 Å². The predicted octanol–water partition coefficient (Wildman–Crippen LogP) is 3.69. The first-order valence-electron chi connectivity index (χ1n) is 9.92. The van der Waals surface area contributed by atoms with Gasteiger partial charge in [0.25, 0.3) is 5.91 Å². The molecule has 158 valence electrons. The number of anilines is 1. The predicted molar refractivity (Wildman–Crippen MR) is 120 cm³/mol. The molecule has 4 rings (SSSR count). The number of carbonyl (C=O) groups is 3. The fourth-order valence-electron chi connectivity index (χ4n) is 3.51. The molecule has 0 unspecified atom stereocenters. The number of aryl methyl sites for hydroxylation is 1. The van der Waals surface area contributed by atoms with Crippen LogP contribution in [0.25, 0.3) is 10.6 Å². The maximum Gasteiger partial charge on any atom is 0.325 e. The largest absolute Gasteiger partial charge is 0.325 e. The number of nitrogens with zero attached hydrogens (tertiary/aromatic N) is 2. The molecule has 1 aromatic heterocycles. The minimum atomic E-state index is -1.03. The van der Waals surface area contributed by atoms with Gasteiger partial charge in [0.1, 0.15) is 17.1 Å². The van der Waals surface area contributed by atoms with Gasteiger partial charge in [0.15, 0.2) is 0 Å². The lowest BCUT2D eigenvalue weighted by atomic mass is 9.93. The number of aromatic nitrogens is 1. The van der Waals surface area contributed by atoms with Crippen LogP contribution in [0.2, 0.25) is 0 Å². The highest BCUT2D eigenvalue weighted by atomic mass is 32.1. The quantitative estimate of drug-likeness (QED) is 0.555. The van der Waals surface area contributed by atoms with E-state index in [0.29, 0.717) is 18.5 Å². The first-order chi connectivity index (χ1) is 14.9. The second-order valence-electron chi connectivity index (χ2n) is 7.60. The van der Waals surface area contributed by atoms with Gasteiger partial charge in [-0.2, -0.15) is 0 Å². The van der Waals surface area contributed by atoms with Crippen molar-refractivity contribution in [3.63, 3.8) is 0 Å². The molecule has 1 fully saturated rings. The zero-order valence-electron chi connectivity index (χ0n) is 17.0. The van der Waals surface area contributed by atoms with Gasteiger partial charge in [0, 0.05) is 22.8 Å². The van der Waals surface area contributed by atoms with Gasteiger partial charge >= 0.3 is 6.03 Å². The molecule has 2 heterocycles. The number of carbonyl (C=O) groups excluding carboxylic acids is 3. The van der Waals surface area contributed by atoms with Crippen LogP contribution in [0.5, 0.6) is 0 Å². The Morgan fingerprint density at radius 3 is 2.55 bits per heavy atom. The van der Waals surface area contributed by atoms with Gasteiger partial charge in [-0.15, -0.1) is 11.3 Å². The summed E-state index contributed by atoms with van der Waals surface area (Å²) in [5, 5.41) is 8.28. The summed E-state index contributed by atoms with van der Waals surface area (Å²) in [6.07, 6.45) is 2.84. The third kappa shape index (κ3) is 4.64. The first-order valence-corrected chi connectivity index (χ1v) is 10.8. The van der Waals surface area contributed by atoms with Crippen molar-refractivity contribution in [3.05, 3.63) is 71.7 Å². The van der Waals surface area contributed by atoms with Gasteiger partial charge in [-0.25, -0.2) is 9.78 Å². The van der Waals surface area contributed by atoms with Gasteiger partial charge in [0.2, 0.25) is 5.91 Å². The van der Waals surface area contributed by atoms with Gasteiger partial charge in [-0.05, 0) is 49.6 Å². The van der Waals surface area contributed by atoms with E-state index in [9.17, 15) is 14.4 Å². The van der Waals surface area contributed by atoms with Crippen molar-refractivity contribution in [2.24, 2.45) is 0 Å². The molecule has 1 aliphatic rings. The zero-order chi connectivity index (χ0) is 21.8. The van der Waals surface area contributed by atoms with Crippen molar-refractivity contribution in [1.82, 2.24) is 15.2 Å². The molecule has 0 bridgehead atoms. The molecule has 3 aromatic rings. The van der Waals surface area contributed by atoms with E-state index in [-0.39, 0.29) is 12.5 Å². The zero-order valence-corrected chi connectivity index (χ0v) is 17.8. The molecule has 4 amide bonds. The molecule has 1 atom stereocenters. The van der Waals surface area contributed by atoms with E-state index >= 15 is 0 Å². The van der Waals surface area contributed by atoms with E-state index in [1.165, 1.54) is 11.3 Å². The van der Waals surface area contributed by atoms with Crippen molar-refractivity contribution < 1.29 is 14.4 Å². The van der Waals surface area contributed by atoms with Crippen LogP contribution >= 0.6 is 11.3 Å². The standard InChI is InChI=1S/C23H22N4O3S/c1-23(12-11-16-5-3-2-4-6-16)21(29)27(22(30)26-23)15-19(28)25-18-9-7-17(8-10-18)20-24-13-14-31-20/h2-10,13-14H,11-12,15H2,1H3,(H,25,28)(H,26,30)/t23-/m1/s1. The average molecular weight is 435 g/mol. The second-order valence-corrected chi connectivity index (χ2v) is 8.50. The van der Waals surface area contributed by atoms with E-state index < -0.39 is 17.5 Å². The summed E-state index contributed by atoms with van der Waals surface area (Å²) in [6, 6.07) is 16.5. The van der Waals surface area contributed by atoms with E-state index in [2.05, 4.69) is 15.6 Å². The normalized spacial score (nSPS) is 18.2. The number of rotatable bonds is 7. The summed E-state index contributed by atoms with van der Waals surface area (Å²) in [7, 11) is 0. The number of benzene rings is 2. The molecule has 0 radical (unpaired) electrons. The smallest absolute Gasteiger partial charge is 0.325 e. The van der Waals surface area contributed by atoms with Crippen molar-refractivity contribution in [1.29, 1.82) is 0 Å². The third-order valence-corrected chi connectivity index (χ3v) is 6.07. The molecule has 7 nitrogen and oxygen atoms in total. The Bertz CT molecular complexity index is 1080. The molecule has 1 aliphatic heterocycles. The van der Waals surface area contributed by atoms with Crippen molar-refractivity contribution in [2.75, 3.05) is 11.9 Å².